The van der Waals surface area contributed by atoms with E-state index in [-0.39, 0.29) is 6.04 Å². The van der Waals surface area contributed by atoms with Crippen LogP contribution in [0.25, 0.3) is 16.5 Å². The van der Waals surface area contributed by atoms with Gasteiger partial charge in [-0.05, 0) is 73.3 Å². The predicted molar refractivity (Wildman–Crippen MR) is 82.2 cm³/mol. The van der Waals surface area contributed by atoms with Gasteiger partial charge in [-0.1, -0.05) is 12.1 Å². The van der Waals surface area contributed by atoms with E-state index in [1.165, 1.54) is 47.8 Å². The van der Waals surface area contributed by atoms with Crippen LogP contribution in [0.5, 0.6) is 0 Å². The second-order valence-corrected chi connectivity index (χ2v) is 6.48. The summed E-state index contributed by atoms with van der Waals surface area (Å²) in [5, 5.41) is 1.18. The third kappa shape index (κ3) is 1.82. The molecule has 104 valence electrons. The zero-order chi connectivity index (χ0) is 13.7. The van der Waals surface area contributed by atoms with Crippen molar-refractivity contribution in [3.05, 3.63) is 41.7 Å². The predicted octanol–water partition coefficient (Wildman–Crippen LogP) is 4.35. The van der Waals surface area contributed by atoms with Crippen LogP contribution in [0.15, 0.2) is 40.5 Å². The summed E-state index contributed by atoms with van der Waals surface area (Å²) in [6, 6.07) is 8.80. The number of hydrogen-bond donors (Lipinski definition) is 1. The molecule has 0 radical (unpaired) electrons. The summed E-state index contributed by atoms with van der Waals surface area (Å²) in [6.07, 6.45) is 7.00. The molecule has 1 fully saturated rings. The fourth-order valence-electron chi connectivity index (χ4n) is 4.18. The van der Waals surface area contributed by atoms with E-state index < -0.39 is 0 Å². The third-order valence-corrected chi connectivity index (χ3v) is 5.12. The summed E-state index contributed by atoms with van der Waals surface area (Å²) in [4.78, 5) is 0. The van der Waals surface area contributed by atoms with Gasteiger partial charge >= 0.3 is 0 Å². The first-order valence-corrected chi connectivity index (χ1v) is 7.68. The van der Waals surface area contributed by atoms with Crippen molar-refractivity contribution >= 4 is 16.5 Å². The number of fused-ring (bicyclic) bond motifs is 3. The van der Waals surface area contributed by atoms with E-state index in [0.717, 1.165) is 11.5 Å². The number of allylic oxidation sites excluding steroid dienone is 1. The Hall–Kier alpha value is -1.54. The van der Waals surface area contributed by atoms with E-state index in [4.69, 9.17) is 10.2 Å². The molecule has 0 amide bonds. The van der Waals surface area contributed by atoms with Gasteiger partial charge in [-0.3, -0.25) is 0 Å². The van der Waals surface area contributed by atoms with Crippen molar-refractivity contribution in [2.24, 2.45) is 17.6 Å². The maximum Gasteiger partial charge on any atom is 0.134 e. The number of rotatable bonds is 2. The van der Waals surface area contributed by atoms with Crippen LogP contribution in [0.2, 0.25) is 0 Å². The highest BCUT2D eigenvalue weighted by Gasteiger charge is 2.35. The van der Waals surface area contributed by atoms with Crippen LogP contribution < -0.4 is 5.73 Å². The molecule has 3 unspecified atom stereocenters. The van der Waals surface area contributed by atoms with Gasteiger partial charge in [-0.25, -0.2) is 0 Å². The van der Waals surface area contributed by atoms with Crippen molar-refractivity contribution in [2.75, 3.05) is 0 Å². The van der Waals surface area contributed by atoms with Gasteiger partial charge in [0.2, 0.25) is 0 Å². The first kappa shape index (κ1) is 12.2. The van der Waals surface area contributed by atoms with Crippen LogP contribution >= 0.6 is 0 Å². The van der Waals surface area contributed by atoms with Crippen molar-refractivity contribution in [3.8, 4) is 0 Å². The molecule has 4 rings (SSSR count). The summed E-state index contributed by atoms with van der Waals surface area (Å²) in [7, 11) is 0. The van der Waals surface area contributed by atoms with E-state index in [0.29, 0.717) is 5.92 Å². The molecule has 2 heteroatoms. The average molecular weight is 267 g/mol. The Morgan fingerprint density at radius 1 is 1.25 bits per heavy atom. The van der Waals surface area contributed by atoms with Gasteiger partial charge in [0, 0.05) is 11.4 Å². The molecule has 2 aliphatic rings. The monoisotopic (exact) mass is 267 g/mol. The lowest BCUT2D eigenvalue weighted by molar-refractivity contribution is 0.494. The van der Waals surface area contributed by atoms with E-state index in [1.807, 2.05) is 6.07 Å². The molecular formula is C18H21NO. The van der Waals surface area contributed by atoms with Gasteiger partial charge in [0.05, 0.1) is 6.26 Å². The Balaban J connectivity index is 1.87. The number of furan rings is 1. The standard InChI is InChI=1S/C18H21NO/c1-11(19)16-9-12-2-3-14(8-12)18(16)15-5-4-13-6-7-20-17(13)10-15/h4-7,10-12,14H,2-3,8-9,19H2,1H3. The molecule has 2 N–H and O–H groups in total. The molecule has 20 heavy (non-hydrogen) atoms. The molecule has 3 atom stereocenters. The number of benzene rings is 1. The van der Waals surface area contributed by atoms with Gasteiger partial charge in [0.15, 0.2) is 0 Å². The van der Waals surface area contributed by atoms with Crippen LogP contribution in [0, 0.1) is 11.8 Å². The minimum absolute atomic E-state index is 0.167. The molecule has 0 aliphatic heterocycles. The highest BCUT2D eigenvalue weighted by atomic mass is 16.3. The average Bonchev–Trinajstić information content (AvgIpc) is 3.04. The van der Waals surface area contributed by atoms with E-state index in [9.17, 15) is 0 Å². The maximum absolute atomic E-state index is 6.26. The van der Waals surface area contributed by atoms with Crippen molar-refractivity contribution in [2.45, 2.75) is 38.6 Å². The number of hydrogen-bond acceptors (Lipinski definition) is 2. The Kier molecular flexibility index (Phi) is 2.74. The molecule has 2 aliphatic carbocycles. The molecule has 0 saturated heterocycles. The Morgan fingerprint density at radius 2 is 2.15 bits per heavy atom. The Bertz CT molecular complexity index is 680. The van der Waals surface area contributed by atoms with Gasteiger partial charge in [-0.2, -0.15) is 0 Å². The van der Waals surface area contributed by atoms with Crippen LogP contribution in [0.1, 0.15) is 38.2 Å². The fraction of sp³-hybridized carbons (Fsp3) is 0.444. The molecule has 1 aromatic carbocycles. The highest BCUT2D eigenvalue weighted by Crippen LogP contribution is 2.49. The first-order valence-electron chi connectivity index (χ1n) is 7.68. The smallest absolute Gasteiger partial charge is 0.134 e. The van der Waals surface area contributed by atoms with Crippen molar-refractivity contribution in [3.63, 3.8) is 0 Å². The zero-order valence-electron chi connectivity index (χ0n) is 11.9. The van der Waals surface area contributed by atoms with Crippen molar-refractivity contribution < 1.29 is 4.42 Å². The van der Waals surface area contributed by atoms with Crippen molar-refractivity contribution in [1.82, 2.24) is 0 Å². The topological polar surface area (TPSA) is 39.2 Å². The SMILES string of the molecule is CC(N)C1=C(c2ccc3ccoc3c2)C2CCC(C1)C2. The molecule has 2 nitrogen and oxygen atoms in total. The second-order valence-electron chi connectivity index (χ2n) is 6.48. The summed E-state index contributed by atoms with van der Waals surface area (Å²) in [5.41, 5.74) is 11.6. The van der Waals surface area contributed by atoms with E-state index in [1.54, 1.807) is 6.26 Å². The van der Waals surface area contributed by atoms with Crippen molar-refractivity contribution in [1.29, 1.82) is 0 Å². The van der Waals surface area contributed by atoms with Gasteiger partial charge in [-0.15, -0.1) is 0 Å². The minimum Gasteiger partial charge on any atom is -0.464 e. The summed E-state index contributed by atoms with van der Waals surface area (Å²) in [5.74, 6) is 1.58. The van der Waals surface area contributed by atoms with Gasteiger partial charge in [0.1, 0.15) is 5.58 Å². The maximum atomic E-state index is 6.26. The second kappa shape index (κ2) is 4.49. The lowest BCUT2D eigenvalue weighted by Crippen LogP contribution is -2.24. The minimum atomic E-state index is 0.167. The lowest BCUT2D eigenvalue weighted by Gasteiger charge is -2.29. The third-order valence-electron chi connectivity index (χ3n) is 5.12. The van der Waals surface area contributed by atoms with E-state index in [2.05, 4.69) is 25.1 Å². The molecule has 2 aromatic rings. The highest BCUT2D eigenvalue weighted by molar-refractivity contribution is 5.83. The quantitative estimate of drug-likeness (QED) is 0.878. The normalized spacial score (nSPS) is 27.3. The first-order chi connectivity index (χ1) is 9.72. The van der Waals surface area contributed by atoms with Crippen LogP contribution in [-0.2, 0) is 0 Å². The summed E-state index contributed by atoms with van der Waals surface area (Å²) >= 11 is 0. The summed E-state index contributed by atoms with van der Waals surface area (Å²) < 4.78 is 5.57. The van der Waals surface area contributed by atoms with E-state index >= 15 is 0 Å². The summed E-state index contributed by atoms with van der Waals surface area (Å²) in [6.45, 7) is 2.13. The van der Waals surface area contributed by atoms with Crippen LogP contribution in [0.3, 0.4) is 0 Å². The molecule has 1 aromatic heterocycles. The molecule has 0 spiro atoms. The van der Waals surface area contributed by atoms with Gasteiger partial charge in [0.25, 0.3) is 0 Å². The molecule has 1 heterocycles. The van der Waals surface area contributed by atoms with Crippen LogP contribution in [0.4, 0.5) is 0 Å². The zero-order valence-corrected chi connectivity index (χ0v) is 11.9. The Labute approximate surface area is 119 Å². The van der Waals surface area contributed by atoms with Gasteiger partial charge < -0.3 is 10.2 Å². The van der Waals surface area contributed by atoms with Crippen LogP contribution in [-0.4, -0.2) is 6.04 Å². The molecular weight excluding hydrogens is 246 g/mol. The molecule has 1 saturated carbocycles. The molecule has 2 bridgehead atoms. The Morgan fingerprint density at radius 3 is 3.00 bits per heavy atom. The number of nitrogens with two attached hydrogens (primary N) is 1. The lowest BCUT2D eigenvalue weighted by atomic mass is 9.77. The fourth-order valence-corrected chi connectivity index (χ4v) is 4.18. The largest absolute Gasteiger partial charge is 0.464 e.